The molecule has 0 aliphatic carbocycles. The molecule has 4 nitrogen and oxygen atoms in total. The van der Waals surface area contributed by atoms with E-state index in [2.05, 4.69) is 32.6 Å². The zero-order valence-electron chi connectivity index (χ0n) is 11.3. The van der Waals surface area contributed by atoms with Gasteiger partial charge in [-0.1, -0.05) is 30.3 Å². The van der Waals surface area contributed by atoms with Gasteiger partial charge < -0.3 is 5.32 Å². The Morgan fingerprint density at radius 1 is 1.10 bits per heavy atom. The number of hydrogen-bond acceptors (Lipinski definition) is 3. The normalized spacial score (nSPS) is 10.4. The fourth-order valence-corrected chi connectivity index (χ4v) is 2.16. The first-order valence-electron chi connectivity index (χ1n) is 6.58. The summed E-state index contributed by atoms with van der Waals surface area (Å²) in [6.07, 6.45) is 3.66. The molecule has 0 unspecified atom stereocenters. The van der Waals surface area contributed by atoms with Crippen LogP contribution in [0.25, 0.3) is 11.3 Å². The standard InChI is InChI=1S/C16H16N4/c1-12-15(8-5-9-17-12)18-10-14-11-19-20-16(14)13-6-3-2-4-7-13/h2-9,11,18H,10H2,1H3,(H,19,20). The Morgan fingerprint density at radius 3 is 2.75 bits per heavy atom. The lowest BCUT2D eigenvalue weighted by atomic mass is 10.1. The molecule has 20 heavy (non-hydrogen) atoms. The smallest absolute Gasteiger partial charge is 0.0700 e. The molecule has 1 aromatic carbocycles. The van der Waals surface area contributed by atoms with Crippen LogP contribution >= 0.6 is 0 Å². The van der Waals surface area contributed by atoms with Gasteiger partial charge in [-0.2, -0.15) is 5.10 Å². The Kier molecular flexibility index (Phi) is 3.46. The van der Waals surface area contributed by atoms with Gasteiger partial charge in [0.15, 0.2) is 0 Å². The summed E-state index contributed by atoms with van der Waals surface area (Å²) in [5.41, 5.74) is 5.38. The van der Waals surface area contributed by atoms with Crippen molar-refractivity contribution < 1.29 is 0 Å². The van der Waals surface area contributed by atoms with Crippen LogP contribution in [0.5, 0.6) is 0 Å². The summed E-state index contributed by atoms with van der Waals surface area (Å²) < 4.78 is 0. The van der Waals surface area contributed by atoms with Gasteiger partial charge in [-0.05, 0) is 24.6 Å². The highest BCUT2D eigenvalue weighted by Gasteiger charge is 2.07. The summed E-state index contributed by atoms with van der Waals surface area (Å²) in [5.74, 6) is 0. The fourth-order valence-electron chi connectivity index (χ4n) is 2.16. The van der Waals surface area contributed by atoms with Crippen molar-refractivity contribution in [3.8, 4) is 11.3 Å². The molecular formula is C16H16N4. The van der Waals surface area contributed by atoms with Crippen molar-refractivity contribution in [2.24, 2.45) is 0 Å². The van der Waals surface area contributed by atoms with Crippen molar-refractivity contribution in [1.29, 1.82) is 0 Å². The summed E-state index contributed by atoms with van der Waals surface area (Å²) in [6.45, 7) is 2.71. The minimum Gasteiger partial charge on any atom is -0.379 e. The molecule has 100 valence electrons. The maximum absolute atomic E-state index is 4.27. The van der Waals surface area contributed by atoms with E-state index in [1.165, 1.54) is 0 Å². The van der Waals surface area contributed by atoms with Crippen LogP contribution in [0.15, 0.2) is 54.9 Å². The Labute approximate surface area is 117 Å². The van der Waals surface area contributed by atoms with Crippen LogP contribution in [-0.4, -0.2) is 15.2 Å². The van der Waals surface area contributed by atoms with Gasteiger partial charge in [0, 0.05) is 18.3 Å². The van der Waals surface area contributed by atoms with E-state index in [-0.39, 0.29) is 0 Å². The topological polar surface area (TPSA) is 53.6 Å². The molecular weight excluding hydrogens is 248 g/mol. The minimum atomic E-state index is 0.716. The summed E-state index contributed by atoms with van der Waals surface area (Å²) in [4.78, 5) is 4.27. The van der Waals surface area contributed by atoms with E-state index in [0.717, 1.165) is 28.2 Å². The molecule has 0 atom stereocenters. The van der Waals surface area contributed by atoms with Crippen LogP contribution in [0.3, 0.4) is 0 Å². The number of rotatable bonds is 4. The fraction of sp³-hybridized carbons (Fsp3) is 0.125. The number of nitrogens with one attached hydrogen (secondary N) is 2. The molecule has 0 fully saturated rings. The second-order valence-electron chi connectivity index (χ2n) is 4.63. The zero-order valence-corrected chi connectivity index (χ0v) is 11.3. The Bertz CT molecular complexity index is 688. The molecule has 2 N–H and O–H groups in total. The predicted molar refractivity (Wildman–Crippen MR) is 80.3 cm³/mol. The van der Waals surface area contributed by atoms with Crippen molar-refractivity contribution >= 4 is 5.69 Å². The van der Waals surface area contributed by atoms with Gasteiger partial charge in [-0.15, -0.1) is 0 Å². The number of pyridine rings is 1. The van der Waals surface area contributed by atoms with Gasteiger partial charge in [0.2, 0.25) is 0 Å². The van der Waals surface area contributed by atoms with E-state index in [4.69, 9.17) is 0 Å². The average molecular weight is 264 g/mol. The number of benzene rings is 1. The van der Waals surface area contributed by atoms with Crippen LogP contribution in [-0.2, 0) is 6.54 Å². The molecule has 2 aromatic heterocycles. The molecule has 0 radical (unpaired) electrons. The molecule has 0 amide bonds. The Hall–Kier alpha value is -2.62. The van der Waals surface area contributed by atoms with Crippen molar-refractivity contribution in [3.05, 3.63) is 66.1 Å². The van der Waals surface area contributed by atoms with E-state index in [9.17, 15) is 0 Å². The Balaban J connectivity index is 1.80. The minimum absolute atomic E-state index is 0.716. The molecule has 0 saturated heterocycles. The van der Waals surface area contributed by atoms with Gasteiger partial charge in [-0.3, -0.25) is 10.1 Å². The van der Waals surface area contributed by atoms with Crippen molar-refractivity contribution in [2.45, 2.75) is 13.5 Å². The summed E-state index contributed by atoms with van der Waals surface area (Å²) in [5, 5.41) is 10.6. The first-order chi connectivity index (χ1) is 9.84. The average Bonchev–Trinajstić information content (AvgIpc) is 2.96. The first kappa shape index (κ1) is 12.4. The number of aryl methyl sites for hydroxylation is 1. The van der Waals surface area contributed by atoms with Gasteiger partial charge in [0.1, 0.15) is 0 Å². The molecule has 0 aliphatic heterocycles. The van der Waals surface area contributed by atoms with Crippen LogP contribution in [0, 0.1) is 6.92 Å². The quantitative estimate of drug-likeness (QED) is 0.759. The van der Waals surface area contributed by atoms with Crippen LogP contribution in [0.1, 0.15) is 11.3 Å². The number of aromatic amines is 1. The SMILES string of the molecule is Cc1ncccc1NCc1cn[nH]c1-c1ccccc1. The van der Waals surface area contributed by atoms with Crippen molar-refractivity contribution in [2.75, 3.05) is 5.32 Å². The summed E-state index contributed by atoms with van der Waals surface area (Å²) in [7, 11) is 0. The van der Waals surface area contributed by atoms with Gasteiger partial charge in [-0.25, -0.2) is 0 Å². The first-order valence-corrected chi connectivity index (χ1v) is 6.58. The van der Waals surface area contributed by atoms with Gasteiger partial charge in [0.05, 0.1) is 23.3 Å². The summed E-state index contributed by atoms with van der Waals surface area (Å²) >= 11 is 0. The third-order valence-corrected chi connectivity index (χ3v) is 3.26. The lowest BCUT2D eigenvalue weighted by Crippen LogP contribution is -2.02. The Morgan fingerprint density at radius 2 is 1.95 bits per heavy atom. The maximum atomic E-state index is 4.27. The zero-order chi connectivity index (χ0) is 13.8. The monoisotopic (exact) mass is 264 g/mol. The number of anilines is 1. The van der Waals surface area contributed by atoms with Crippen molar-refractivity contribution in [1.82, 2.24) is 15.2 Å². The molecule has 0 aliphatic rings. The van der Waals surface area contributed by atoms with E-state index in [1.54, 1.807) is 6.20 Å². The van der Waals surface area contributed by atoms with Crippen LogP contribution in [0.2, 0.25) is 0 Å². The lowest BCUT2D eigenvalue weighted by Gasteiger charge is -2.08. The van der Waals surface area contributed by atoms with Crippen molar-refractivity contribution in [3.63, 3.8) is 0 Å². The second-order valence-corrected chi connectivity index (χ2v) is 4.63. The predicted octanol–water partition coefficient (Wildman–Crippen LogP) is 3.39. The molecule has 2 heterocycles. The molecule has 3 rings (SSSR count). The molecule has 4 heteroatoms. The third kappa shape index (κ3) is 2.54. The lowest BCUT2D eigenvalue weighted by molar-refractivity contribution is 1.09. The highest BCUT2D eigenvalue weighted by Crippen LogP contribution is 2.22. The number of aromatic nitrogens is 3. The maximum Gasteiger partial charge on any atom is 0.0700 e. The highest BCUT2D eigenvalue weighted by atomic mass is 15.1. The van der Waals surface area contributed by atoms with E-state index in [0.29, 0.717) is 6.54 Å². The highest BCUT2D eigenvalue weighted by molar-refractivity contribution is 5.63. The van der Waals surface area contributed by atoms with E-state index < -0.39 is 0 Å². The number of nitrogens with zero attached hydrogens (tertiary/aromatic N) is 2. The van der Waals surface area contributed by atoms with E-state index >= 15 is 0 Å². The number of H-pyrrole nitrogens is 1. The second kappa shape index (κ2) is 5.57. The third-order valence-electron chi connectivity index (χ3n) is 3.26. The van der Waals surface area contributed by atoms with Crippen LogP contribution < -0.4 is 5.32 Å². The van der Waals surface area contributed by atoms with Gasteiger partial charge >= 0.3 is 0 Å². The number of hydrogen-bond donors (Lipinski definition) is 2. The molecule has 0 spiro atoms. The molecule has 0 bridgehead atoms. The van der Waals surface area contributed by atoms with Gasteiger partial charge in [0.25, 0.3) is 0 Å². The largest absolute Gasteiger partial charge is 0.379 e. The molecule has 0 saturated carbocycles. The van der Waals surface area contributed by atoms with E-state index in [1.807, 2.05) is 43.5 Å². The van der Waals surface area contributed by atoms with Crippen LogP contribution in [0.4, 0.5) is 5.69 Å². The molecule has 3 aromatic rings. The summed E-state index contributed by atoms with van der Waals surface area (Å²) in [6, 6.07) is 14.2.